The van der Waals surface area contributed by atoms with Crippen molar-refractivity contribution in [3.05, 3.63) is 12.3 Å². The number of aliphatic hydroxyl groups is 1. The number of nitriles is 1. The van der Waals surface area contributed by atoms with Crippen LogP contribution in [0.15, 0.2) is 12.3 Å². The molecule has 0 spiro atoms. The molecule has 2 N–H and O–H groups in total. The SMILES string of the molecule is N#CC1C[C@@H](O)CN(c2nc3ccnc(NC(=O)C4CC4)c3s2)C1. The number of carbonyl (C=O) groups is 1. The third-order valence-electron chi connectivity index (χ3n) is 4.36. The van der Waals surface area contributed by atoms with Gasteiger partial charge in [0.2, 0.25) is 5.91 Å². The molecule has 1 aliphatic carbocycles. The topological polar surface area (TPSA) is 102 Å². The Labute approximate surface area is 142 Å². The van der Waals surface area contributed by atoms with Gasteiger partial charge in [-0.3, -0.25) is 4.79 Å². The molecular weight excluding hydrogens is 326 g/mol. The fraction of sp³-hybridized carbons (Fsp3) is 0.500. The summed E-state index contributed by atoms with van der Waals surface area (Å²) in [4.78, 5) is 22.8. The Bertz CT molecular complexity index is 825. The first-order valence-electron chi connectivity index (χ1n) is 8.03. The highest BCUT2D eigenvalue weighted by Gasteiger charge is 2.31. The van der Waals surface area contributed by atoms with Gasteiger partial charge in [-0.25, -0.2) is 9.97 Å². The van der Waals surface area contributed by atoms with Crippen molar-refractivity contribution >= 4 is 38.4 Å². The number of thiazole rings is 1. The Hall–Kier alpha value is -2.24. The number of nitrogens with one attached hydrogen (secondary N) is 1. The minimum atomic E-state index is -0.525. The van der Waals surface area contributed by atoms with E-state index >= 15 is 0 Å². The van der Waals surface area contributed by atoms with Crippen LogP contribution in [-0.4, -0.2) is 40.2 Å². The minimum absolute atomic E-state index is 0.0166. The van der Waals surface area contributed by atoms with Gasteiger partial charge in [-0.05, 0) is 25.3 Å². The van der Waals surface area contributed by atoms with Crippen LogP contribution in [0.2, 0.25) is 0 Å². The van der Waals surface area contributed by atoms with E-state index in [1.807, 2.05) is 11.0 Å². The molecule has 0 aromatic carbocycles. The van der Waals surface area contributed by atoms with Crippen LogP contribution in [0.5, 0.6) is 0 Å². The van der Waals surface area contributed by atoms with E-state index in [4.69, 9.17) is 5.26 Å². The second-order valence-corrected chi connectivity index (χ2v) is 7.37. The molecule has 1 saturated heterocycles. The van der Waals surface area contributed by atoms with Gasteiger partial charge in [-0.15, -0.1) is 0 Å². The smallest absolute Gasteiger partial charge is 0.228 e. The van der Waals surface area contributed by atoms with Gasteiger partial charge in [0.25, 0.3) is 0 Å². The van der Waals surface area contributed by atoms with Crippen LogP contribution < -0.4 is 10.2 Å². The van der Waals surface area contributed by atoms with Crippen molar-refractivity contribution in [1.29, 1.82) is 5.26 Å². The molecule has 2 aromatic rings. The molecule has 7 nitrogen and oxygen atoms in total. The van der Waals surface area contributed by atoms with E-state index in [9.17, 15) is 9.90 Å². The highest BCUT2D eigenvalue weighted by molar-refractivity contribution is 7.22. The first kappa shape index (κ1) is 15.3. The lowest BCUT2D eigenvalue weighted by molar-refractivity contribution is -0.117. The van der Waals surface area contributed by atoms with E-state index in [0.29, 0.717) is 25.3 Å². The lowest BCUT2D eigenvalue weighted by Crippen LogP contribution is -2.42. The van der Waals surface area contributed by atoms with Gasteiger partial charge < -0.3 is 15.3 Å². The number of β-amino-alcohol motifs (C(OH)–C–C–N with tert-alkyl or cyclic N) is 1. The minimum Gasteiger partial charge on any atom is -0.391 e. The Balaban J connectivity index is 1.63. The molecule has 1 amide bonds. The fourth-order valence-electron chi connectivity index (χ4n) is 2.95. The van der Waals surface area contributed by atoms with Crippen molar-refractivity contribution in [1.82, 2.24) is 9.97 Å². The average molecular weight is 343 g/mol. The molecular formula is C16H17N5O2S. The maximum absolute atomic E-state index is 12.0. The van der Waals surface area contributed by atoms with Gasteiger partial charge in [-0.1, -0.05) is 11.3 Å². The molecule has 4 rings (SSSR count). The molecule has 0 bridgehead atoms. The maximum Gasteiger partial charge on any atom is 0.228 e. The Morgan fingerprint density at radius 2 is 2.29 bits per heavy atom. The van der Waals surface area contributed by atoms with E-state index in [1.54, 1.807) is 6.20 Å². The van der Waals surface area contributed by atoms with Crippen molar-refractivity contribution in [2.24, 2.45) is 11.8 Å². The molecule has 2 aliphatic rings. The normalized spacial score (nSPS) is 23.9. The van der Waals surface area contributed by atoms with E-state index in [1.165, 1.54) is 11.3 Å². The van der Waals surface area contributed by atoms with Gasteiger partial charge in [0.05, 0.1) is 28.3 Å². The number of hydrogen-bond donors (Lipinski definition) is 2. The molecule has 0 radical (unpaired) electrons. The fourth-order valence-corrected chi connectivity index (χ4v) is 3.98. The number of amides is 1. The van der Waals surface area contributed by atoms with E-state index in [0.717, 1.165) is 28.2 Å². The zero-order valence-corrected chi connectivity index (χ0v) is 13.8. The summed E-state index contributed by atoms with van der Waals surface area (Å²) in [7, 11) is 0. The third kappa shape index (κ3) is 2.92. The third-order valence-corrected chi connectivity index (χ3v) is 5.50. The van der Waals surface area contributed by atoms with Gasteiger partial charge in [0.1, 0.15) is 0 Å². The van der Waals surface area contributed by atoms with Crippen LogP contribution >= 0.6 is 11.3 Å². The van der Waals surface area contributed by atoms with Crippen LogP contribution in [0.25, 0.3) is 10.2 Å². The number of hydrogen-bond acceptors (Lipinski definition) is 7. The van der Waals surface area contributed by atoms with Gasteiger partial charge in [-0.2, -0.15) is 5.26 Å². The number of anilines is 2. The quantitative estimate of drug-likeness (QED) is 0.880. The standard InChI is InChI=1S/C16H17N5O2S/c17-6-9-5-11(22)8-21(7-9)16-19-12-3-4-18-14(13(12)24-16)20-15(23)10-1-2-10/h3-4,9-11,22H,1-2,5,7-8H2,(H,18,20,23)/t9?,11-/m1/s1. The predicted molar refractivity (Wildman–Crippen MR) is 90.7 cm³/mol. The second-order valence-electron chi connectivity index (χ2n) is 6.39. The van der Waals surface area contributed by atoms with Crippen LogP contribution in [-0.2, 0) is 4.79 Å². The molecule has 2 fully saturated rings. The van der Waals surface area contributed by atoms with Crippen LogP contribution in [0.3, 0.4) is 0 Å². The summed E-state index contributed by atoms with van der Waals surface area (Å²) in [6, 6.07) is 4.04. The Morgan fingerprint density at radius 3 is 3.04 bits per heavy atom. The molecule has 1 saturated carbocycles. The summed E-state index contributed by atoms with van der Waals surface area (Å²) >= 11 is 1.44. The van der Waals surface area contributed by atoms with Crippen molar-refractivity contribution in [2.45, 2.75) is 25.4 Å². The van der Waals surface area contributed by atoms with Crippen LogP contribution in [0.4, 0.5) is 10.9 Å². The van der Waals surface area contributed by atoms with Crippen molar-refractivity contribution < 1.29 is 9.90 Å². The number of carbonyl (C=O) groups excluding carboxylic acids is 1. The van der Waals surface area contributed by atoms with Gasteiger partial charge in [0, 0.05) is 25.2 Å². The summed E-state index contributed by atoms with van der Waals surface area (Å²) in [6.07, 6.45) is 3.50. The summed E-state index contributed by atoms with van der Waals surface area (Å²) in [5.41, 5.74) is 0.768. The van der Waals surface area contributed by atoms with Gasteiger partial charge >= 0.3 is 0 Å². The summed E-state index contributed by atoms with van der Waals surface area (Å²) < 4.78 is 0.829. The molecule has 24 heavy (non-hydrogen) atoms. The lowest BCUT2D eigenvalue weighted by Gasteiger charge is -2.32. The van der Waals surface area contributed by atoms with Gasteiger partial charge in [0.15, 0.2) is 10.9 Å². The highest BCUT2D eigenvalue weighted by Crippen LogP contribution is 2.36. The summed E-state index contributed by atoms with van der Waals surface area (Å²) in [6.45, 7) is 1.03. The van der Waals surface area contributed by atoms with E-state index in [-0.39, 0.29) is 17.7 Å². The predicted octanol–water partition coefficient (Wildman–Crippen LogP) is 1.75. The zero-order valence-electron chi connectivity index (χ0n) is 13.0. The van der Waals surface area contributed by atoms with Crippen molar-refractivity contribution in [3.8, 4) is 6.07 Å². The zero-order chi connectivity index (χ0) is 16.7. The lowest BCUT2D eigenvalue weighted by atomic mass is 9.98. The van der Waals surface area contributed by atoms with E-state index < -0.39 is 6.10 Å². The number of nitrogens with zero attached hydrogens (tertiary/aromatic N) is 4. The molecule has 8 heteroatoms. The first-order valence-corrected chi connectivity index (χ1v) is 8.84. The van der Waals surface area contributed by atoms with E-state index in [2.05, 4.69) is 21.4 Å². The second kappa shape index (κ2) is 6.00. The molecule has 1 aliphatic heterocycles. The van der Waals surface area contributed by atoms with Crippen LogP contribution in [0.1, 0.15) is 19.3 Å². The monoisotopic (exact) mass is 343 g/mol. The van der Waals surface area contributed by atoms with Crippen LogP contribution in [0, 0.1) is 23.2 Å². The summed E-state index contributed by atoms with van der Waals surface area (Å²) in [5, 5.41) is 22.8. The Morgan fingerprint density at radius 1 is 1.46 bits per heavy atom. The largest absolute Gasteiger partial charge is 0.391 e. The maximum atomic E-state index is 12.0. The molecule has 2 aromatic heterocycles. The number of rotatable bonds is 3. The number of piperidine rings is 1. The Kier molecular flexibility index (Phi) is 3.82. The average Bonchev–Trinajstić information content (AvgIpc) is 3.33. The number of aromatic nitrogens is 2. The first-order chi connectivity index (χ1) is 11.6. The highest BCUT2D eigenvalue weighted by atomic mass is 32.1. The molecule has 2 atom stereocenters. The molecule has 3 heterocycles. The van der Waals surface area contributed by atoms with Crippen molar-refractivity contribution in [3.63, 3.8) is 0 Å². The number of aliphatic hydroxyl groups excluding tert-OH is 1. The number of pyridine rings is 1. The molecule has 1 unspecified atom stereocenters. The number of fused-ring (bicyclic) bond motifs is 1. The van der Waals surface area contributed by atoms with Crippen molar-refractivity contribution in [2.75, 3.05) is 23.3 Å². The molecule has 124 valence electrons. The summed E-state index contributed by atoms with van der Waals surface area (Å²) in [5.74, 6) is 0.474.